The second-order valence-electron chi connectivity index (χ2n) is 7.74. The fourth-order valence-electron chi connectivity index (χ4n) is 3.10. The summed E-state index contributed by atoms with van der Waals surface area (Å²) in [4.78, 5) is 0. The summed E-state index contributed by atoms with van der Waals surface area (Å²) < 4.78 is 0.509. The van der Waals surface area contributed by atoms with Gasteiger partial charge in [-0.3, -0.25) is 0 Å². The van der Waals surface area contributed by atoms with Crippen LogP contribution in [0.5, 0.6) is 0 Å². The van der Waals surface area contributed by atoms with Crippen molar-refractivity contribution in [3.8, 4) is 0 Å². The second-order valence-corrected chi connectivity index (χ2v) is 7.74. The minimum absolute atomic E-state index is 0.142. The van der Waals surface area contributed by atoms with Crippen molar-refractivity contribution in [2.75, 3.05) is 27.2 Å². The molecule has 0 aliphatic heterocycles. The Labute approximate surface area is 145 Å². The number of likely N-dealkylation sites (N-methyl/N-ethyl adjacent to an activating group) is 1. The zero-order chi connectivity index (χ0) is 17.4. The van der Waals surface area contributed by atoms with Crippen LogP contribution in [0.1, 0.15) is 96.8 Å². The quantitative estimate of drug-likeness (QED) is 0.227. The van der Waals surface area contributed by atoms with Gasteiger partial charge in [0.2, 0.25) is 0 Å². The van der Waals surface area contributed by atoms with Gasteiger partial charge in [0.25, 0.3) is 0 Å². The van der Waals surface area contributed by atoms with E-state index in [1.165, 1.54) is 77.0 Å². The fourth-order valence-corrected chi connectivity index (χ4v) is 3.10. The summed E-state index contributed by atoms with van der Waals surface area (Å²) in [5.74, 6) is 0. The van der Waals surface area contributed by atoms with Gasteiger partial charge in [-0.1, -0.05) is 84.0 Å². The molecule has 3 nitrogen and oxygen atoms in total. The van der Waals surface area contributed by atoms with Gasteiger partial charge in [-0.25, -0.2) is 0 Å². The Bertz CT molecular complexity index is 244. The van der Waals surface area contributed by atoms with Crippen LogP contribution in [-0.2, 0) is 0 Å². The number of aliphatic hydroxyl groups is 2. The first-order valence-electron chi connectivity index (χ1n) is 10.2. The van der Waals surface area contributed by atoms with Crippen molar-refractivity contribution in [1.82, 2.24) is 0 Å². The van der Waals surface area contributed by atoms with Crippen molar-refractivity contribution in [3.05, 3.63) is 0 Å². The lowest BCUT2D eigenvalue weighted by molar-refractivity contribution is -0.937. The molecule has 0 fully saturated rings. The number of rotatable bonds is 17. The van der Waals surface area contributed by atoms with Crippen LogP contribution < -0.4 is 0 Å². The van der Waals surface area contributed by atoms with Crippen LogP contribution in [0.15, 0.2) is 0 Å². The maximum Gasteiger partial charge on any atom is 0.190 e. The number of quaternary nitrogens is 1. The van der Waals surface area contributed by atoms with E-state index in [0.717, 1.165) is 12.8 Å². The maximum atomic E-state index is 10.1. The Balaban J connectivity index is 3.27. The van der Waals surface area contributed by atoms with Crippen LogP contribution in [0, 0.1) is 0 Å². The molecule has 0 spiro atoms. The minimum Gasteiger partial charge on any atom is -0.391 e. The lowest BCUT2D eigenvalue weighted by atomic mass is 10.0. The van der Waals surface area contributed by atoms with E-state index in [4.69, 9.17) is 5.11 Å². The van der Waals surface area contributed by atoms with Crippen LogP contribution in [0.2, 0.25) is 0 Å². The lowest BCUT2D eigenvalue weighted by Crippen LogP contribution is -2.50. The molecule has 23 heavy (non-hydrogen) atoms. The Morgan fingerprint density at radius 3 is 1.48 bits per heavy atom. The van der Waals surface area contributed by atoms with Crippen molar-refractivity contribution < 1.29 is 14.7 Å². The first-order chi connectivity index (χ1) is 11.0. The smallest absolute Gasteiger partial charge is 0.190 e. The molecule has 0 heterocycles. The summed E-state index contributed by atoms with van der Waals surface area (Å²) in [7, 11) is 3.98. The molecule has 0 aromatic heterocycles. The number of hydrogen-bond donors (Lipinski definition) is 2. The molecule has 140 valence electrons. The average Bonchev–Trinajstić information content (AvgIpc) is 2.51. The Hall–Kier alpha value is -0.120. The highest BCUT2D eigenvalue weighted by Crippen LogP contribution is 2.15. The summed E-state index contributed by atoms with van der Waals surface area (Å²) in [6, 6.07) is 0. The van der Waals surface area contributed by atoms with Gasteiger partial charge in [0, 0.05) is 6.42 Å². The lowest BCUT2D eigenvalue weighted by Gasteiger charge is -2.34. The highest BCUT2D eigenvalue weighted by atomic mass is 16.3. The van der Waals surface area contributed by atoms with E-state index < -0.39 is 0 Å². The highest BCUT2D eigenvalue weighted by molar-refractivity contribution is 4.51. The molecule has 0 aromatic rings. The first-order valence-corrected chi connectivity index (χ1v) is 10.2. The van der Waals surface area contributed by atoms with Crippen LogP contribution in [0.25, 0.3) is 0 Å². The fraction of sp³-hybridized carbons (Fsp3) is 1.00. The number of unbranched alkanes of at least 4 members (excludes halogenated alkanes) is 12. The molecule has 0 amide bonds. The molecule has 0 rings (SSSR count). The minimum atomic E-state index is -0.338. The van der Waals surface area contributed by atoms with Crippen LogP contribution in [0.4, 0.5) is 0 Å². The second kappa shape index (κ2) is 15.4. The van der Waals surface area contributed by atoms with Gasteiger partial charge < -0.3 is 14.7 Å². The summed E-state index contributed by atoms with van der Waals surface area (Å²) in [5, 5.41) is 19.2. The normalized spacial score (nSPS) is 13.4. The standard InChI is InChI=1S/C20H44NO2/c1-4-5-6-7-8-9-10-11-12-13-14-15-16-17-20(23)21(2,3)18-19-22/h20,22-23H,4-19H2,1-3H3/q+1. The van der Waals surface area contributed by atoms with Crippen LogP contribution in [0.3, 0.4) is 0 Å². The average molecular weight is 331 g/mol. The third-order valence-electron chi connectivity index (χ3n) is 5.05. The number of aliphatic hydroxyl groups excluding tert-OH is 2. The predicted molar refractivity (Wildman–Crippen MR) is 100 cm³/mol. The van der Waals surface area contributed by atoms with Crippen molar-refractivity contribution in [2.24, 2.45) is 0 Å². The first kappa shape index (κ1) is 22.9. The van der Waals surface area contributed by atoms with Crippen molar-refractivity contribution >= 4 is 0 Å². The zero-order valence-electron chi connectivity index (χ0n) is 16.2. The molecule has 0 saturated heterocycles. The van der Waals surface area contributed by atoms with Crippen LogP contribution in [-0.4, -0.2) is 48.2 Å². The predicted octanol–water partition coefficient (Wildman–Crippen LogP) is 4.85. The Morgan fingerprint density at radius 1 is 0.696 bits per heavy atom. The molecule has 0 aliphatic rings. The van der Waals surface area contributed by atoms with Crippen molar-refractivity contribution in [2.45, 2.75) is 103 Å². The summed E-state index contributed by atoms with van der Waals surface area (Å²) >= 11 is 0. The largest absolute Gasteiger partial charge is 0.391 e. The van der Waals surface area contributed by atoms with E-state index in [2.05, 4.69) is 6.92 Å². The molecule has 3 heteroatoms. The van der Waals surface area contributed by atoms with E-state index in [-0.39, 0.29) is 12.8 Å². The molecular formula is C20H44NO2+. The number of hydrogen-bond acceptors (Lipinski definition) is 2. The van der Waals surface area contributed by atoms with Gasteiger partial charge in [-0.2, -0.15) is 0 Å². The Morgan fingerprint density at radius 2 is 1.09 bits per heavy atom. The van der Waals surface area contributed by atoms with Crippen molar-refractivity contribution in [3.63, 3.8) is 0 Å². The van der Waals surface area contributed by atoms with Gasteiger partial charge in [0.15, 0.2) is 6.23 Å². The molecule has 1 unspecified atom stereocenters. The summed E-state index contributed by atoms with van der Waals surface area (Å²) in [6.07, 6.45) is 18.2. The van der Waals surface area contributed by atoms with E-state index in [9.17, 15) is 5.11 Å². The highest BCUT2D eigenvalue weighted by Gasteiger charge is 2.24. The van der Waals surface area contributed by atoms with Crippen LogP contribution >= 0.6 is 0 Å². The molecule has 0 radical (unpaired) electrons. The van der Waals surface area contributed by atoms with E-state index in [1.54, 1.807) is 0 Å². The zero-order valence-corrected chi connectivity index (χ0v) is 16.2. The van der Waals surface area contributed by atoms with Crippen molar-refractivity contribution in [1.29, 1.82) is 0 Å². The third-order valence-corrected chi connectivity index (χ3v) is 5.05. The topological polar surface area (TPSA) is 40.5 Å². The molecule has 0 aromatic carbocycles. The third kappa shape index (κ3) is 14.0. The molecule has 1 atom stereocenters. The van der Waals surface area contributed by atoms with Gasteiger partial charge in [-0.15, -0.1) is 0 Å². The SMILES string of the molecule is CCCCCCCCCCCCCCCC(O)[N+](C)(C)CCO. The van der Waals surface area contributed by atoms with Gasteiger partial charge in [0.05, 0.1) is 20.7 Å². The molecule has 0 bridgehead atoms. The van der Waals surface area contributed by atoms with Gasteiger partial charge >= 0.3 is 0 Å². The maximum absolute atomic E-state index is 10.1. The molecular weight excluding hydrogens is 286 g/mol. The van der Waals surface area contributed by atoms with E-state index in [1.807, 2.05) is 14.1 Å². The van der Waals surface area contributed by atoms with E-state index >= 15 is 0 Å². The van der Waals surface area contributed by atoms with Gasteiger partial charge in [-0.05, 0) is 6.42 Å². The Kier molecular flexibility index (Phi) is 15.3. The van der Waals surface area contributed by atoms with E-state index in [0.29, 0.717) is 11.0 Å². The number of nitrogens with zero attached hydrogens (tertiary/aromatic N) is 1. The molecule has 0 aliphatic carbocycles. The molecule has 2 N–H and O–H groups in total. The monoisotopic (exact) mass is 330 g/mol. The molecule has 0 saturated carbocycles. The summed E-state index contributed by atoms with van der Waals surface area (Å²) in [6.45, 7) is 3.04. The van der Waals surface area contributed by atoms with Gasteiger partial charge in [0.1, 0.15) is 6.54 Å². The summed E-state index contributed by atoms with van der Waals surface area (Å²) in [5.41, 5.74) is 0.